The van der Waals surface area contributed by atoms with Crippen molar-refractivity contribution in [2.45, 2.75) is 13.2 Å². The van der Waals surface area contributed by atoms with Crippen molar-refractivity contribution >= 4 is 17.8 Å². The molecule has 4 rings (SSSR count). The van der Waals surface area contributed by atoms with E-state index in [0.717, 1.165) is 35.0 Å². The lowest BCUT2D eigenvalue weighted by Crippen LogP contribution is -2.23. The van der Waals surface area contributed by atoms with Crippen LogP contribution in [0.5, 0.6) is 11.5 Å². The highest BCUT2D eigenvalue weighted by molar-refractivity contribution is 6.04. The molecule has 13 heteroatoms. The van der Waals surface area contributed by atoms with Crippen LogP contribution in [0.1, 0.15) is 26.4 Å². The molecule has 38 heavy (non-hydrogen) atoms. The average Bonchev–Trinajstić information content (AvgIpc) is 3.30. The van der Waals surface area contributed by atoms with Gasteiger partial charge in [0.15, 0.2) is 11.6 Å². The van der Waals surface area contributed by atoms with Crippen LogP contribution in [0.25, 0.3) is 5.69 Å². The molecule has 0 aliphatic rings. The van der Waals surface area contributed by atoms with Gasteiger partial charge < -0.3 is 14.8 Å². The van der Waals surface area contributed by atoms with Crippen molar-refractivity contribution in [1.82, 2.24) is 19.9 Å². The number of hydrogen-bond acceptors (Lipinski definition) is 6. The molecule has 4 aromatic rings. The first-order chi connectivity index (χ1) is 18.2. The van der Waals surface area contributed by atoms with Gasteiger partial charge in [-0.05, 0) is 35.9 Å². The highest BCUT2D eigenvalue weighted by Crippen LogP contribution is 2.27. The summed E-state index contributed by atoms with van der Waals surface area (Å²) in [5.74, 6) is -4.22. The largest absolute Gasteiger partial charge is 0.497 e. The Balaban J connectivity index is 1.65. The lowest BCUT2D eigenvalue weighted by atomic mass is 10.2. The van der Waals surface area contributed by atoms with E-state index >= 15 is 0 Å². The zero-order valence-corrected chi connectivity index (χ0v) is 19.6. The van der Waals surface area contributed by atoms with Gasteiger partial charge in [-0.1, -0.05) is 6.07 Å². The number of carbonyl (C=O) groups is 2. The summed E-state index contributed by atoms with van der Waals surface area (Å²) in [5.41, 5.74) is -0.181. The van der Waals surface area contributed by atoms with E-state index in [9.17, 15) is 27.2 Å². The molecule has 0 aliphatic heterocycles. The van der Waals surface area contributed by atoms with E-state index in [-0.39, 0.29) is 35.2 Å². The van der Waals surface area contributed by atoms with Crippen LogP contribution < -0.4 is 20.1 Å². The molecule has 9 nitrogen and oxygen atoms in total. The zero-order chi connectivity index (χ0) is 27.2. The van der Waals surface area contributed by atoms with E-state index in [4.69, 9.17) is 4.74 Å². The summed E-state index contributed by atoms with van der Waals surface area (Å²) in [7, 11) is 1.24. The maximum absolute atomic E-state index is 14.9. The Morgan fingerprint density at radius 2 is 1.74 bits per heavy atom. The molecule has 2 aromatic heterocycles. The summed E-state index contributed by atoms with van der Waals surface area (Å²) in [4.78, 5) is 33.6. The van der Waals surface area contributed by atoms with Crippen molar-refractivity contribution in [2.24, 2.45) is 0 Å². The maximum Gasteiger partial charge on any atom is 0.387 e. The number of nitrogens with one attached hydrogen (secondary N) is 2. The predicted molar refractivity (Wildman–Crippen MR) is 126 cm³/mol. The summed E-state index contributed by atoms with van der Waals surface area (Å²) >= 11 is 0. The van der Waals surface area contributed by atoms with E-state index in [1.54, 1.807) is 24.5 Å². The summed E-state index contributed by atoms with van der Waals surface area (Å²) in [5, 5.41) is 5.00. The maximum atomic E-state index is 14.9. The molecule has 0 saturated carbocycles. The second-order valence-electron chi connectivity index (χ2n) is 7.66. The minimum atomic E-state index is -3.04. The van der Waals surface area contributed by atoms with Gasteiger partial charge in [0, 0.05) is 42.8 Å². The summed E-state index contributed by atoms with van der Waals surface area (Å²) in [6.07, 6.45) is 4.17. The first-order valence-corrected chi connectivity index (χ1v) is 10.9. The quantitative estimate of drug-likeness (QED) is 0.313. The monoisotopic (exact) mass is 529 g/mol. The van der Waals surface area contributed by atoms with E-state index in [1.807, 2.05) is 0 Å². The molecule has 0 atom stereocenters. The normalized spacial score (nSPS) is 10.8. The molecule has 0 fully saturated rings. The number of pyridine rings is 1. The van der Waals surface area contributed by atoms with Gasteiger partial charge in [-0.15, -0.1) is 0 Å². The van der Waals surface area contributed by atoms with Crippen LogP contribution in [0.4, 0.5) is 23.5 Å². The molecule has 0 aliphatic carbocycles. The number of nitrogens with zero attached hydrogens (tertiary/aromatic N) is 3. The lowest BCUT2D eigenvalue weighted by molar-refractivity contribution is -0.0498. The fraction of sp³-hybridized carbons (Fsp3) is 0.120. The minimum Gasteiger partial charge on any atom is -0.497 e. The number of amides is 2. The van der Waals surface area contributed by atoms with Crippen molar-refractivity contribution in [1.29, 1.82) is 0 Å². The molecular formula is C25H19F4N5O4. The Morgan fingerprint density at radius 3 is 2.34 bits per heavy atom. The van der Waals surface area contributed by atoms with Gasteiger partial charge in [-0.3, -0.25) is 24.5 Å². The fourth-order valence-corrected chi connectivity index (χ4v) is 3.38. The van der Waals surface area contributed by atoms with Crippen LogP contribution in [0.15, 0.2) is 67.1 Å². The lowest BCUT2D eigenvalue weighted by Gasteiger charge is -2.12. The van der Waals surface area contributed by atoms with Gasteiger partial charge in [0.05, 0.1) is 7.11 Å². The Kier molecular flexibility index (Phi) is 7.85. The number of methoxy groups -OCH3 is 1. The van der Waals surface area contributed by atoms with E-state index in [1.165, 1.54) is 19.2 Å². The van der Waals surface area contributed by atoms with Crippen LogP contribution in [0, 0.1) is 11.6 Å². The number of alkyl halides is 2. The number of halogens is 4. The van der Waals surface area contributed by atoms with Crippen LogP contribution in [-0.2, 0) is 6.54 Å². The van der Waals surface area contributed by atoms with E-state index in [0.29, 0.717) is 5.56 Å². The first kappa shape index (κ1) is 26.1. The molecule has 2 aromatic carbocycles. The Labute approximate surface area is 213 Å². The number of hydrogen-bond donors (Lipinski definition) is 2. The van der Waals surface area contributed by atoms with Gasteiger partial charge in [0.2, 0.25) is 5.95 Å². The number of anilines is 1. The van der Waals surface area contributed by atoms with Crippen molar-refractivity contribution < 1.29 is 36.6 Å². The minimum absolute atomic E-state index is 0.000537. The van der Waals surface area contributed by atoms with Crippen LogP contribution in [0.2, 0.25) is 0 Å². The number of ether oxygens (including phenoxy) is 2. The molecule has 0 unspecified atom stereocenters. The fourth-order valence-electron chi connectivity index (χ4n) is 3.38. The van der Waals surface area contributed by atoms with E-state index < -0.39 is 35.7 Å². The van der Waals surface area contributed by atoms with E-state index in [2.05, 4.69) is 25.3 Å². The summed E-state index contributed by atoms with van der Waals surface area (Å²) in [6, 6.07) is 9.97. The molecule has 0 saturated heterocycles. The number of rotatable bonds is 9. The standard InChI is InChI=1S/C25H19F4N5O4/c1-37-17-9-18(26)21(19(27)10-17)34-13-20(23(36)31-12-14-3-2-8-30-11-14)32-25(34)33-22(35)15-4-6-16(7-5-15)38-24(28)29/h2-11,13,24H,12H2,1H3,(H,31,36)(H,32,33,35). The van der Waals surface area contributed by atoms with Gasteiger partial charge in [-0.2, -0.15) is 8.78 Å². The third-order valence-corrected chi connectivity index (χ3v) is 5.15. The molecule has 0 spiro atoms. The van der Waals surface area contributed by atoms with Crippen LogP contribution in [0.3, 0.4) is 0 Å². The molecule has 0 bridgehead atoms. The second-order valence-corrected chi connectivity index (χ2v) is 7.66. The van der Waals surface area contributed by atoms with Gasteiger partial charge in [0.25, 0.3) is 11.8 Å². The molecule has 2 heterocycles. The van der Waals surface area contributed by atoms with Crippen LogP contribution in [-0.4, -0.2) is 40.1 Å². The number of carbonyl (C=O) groups excluding carboxylic acids is 2. The third-order valence-electron chi connectivity index (χ3n) is 5.15. The third kappa shape index (κ3) is 6.06. The molecule has 2 amide bonds. The predicted octanol–water partition coefficient (Wildman–Crippen LogP) is 4.34. The Morgan fingerprint density at radius 1 is 1.03 bits per heavy atom. The van der Waals surface area contributed by atoms with Crippen LogP contribution >= 0.6 is 0 Å². The van der Waals surface area contributed by atoms with Crippen molar-refractivity contribution in [3.8, 4) is 17.2 Å². The van der Waals surface area contributed by atoms with Crippen molar-refractivity contribution in [3.63, 3.8) is 0 Å². The molecule has 0 radical (unpaired) electrons. The zero-order valence-electron chi connectivity index (χ0n) is 19.6. The first-order valence-electron chi connectivity index (χ1n) is 10.9. The number of imidazole rings is 1. The van der Waals surface area contributed by atoms with Crippen molar-refractivity contribution in [3.05, 3.63) is 95.6 Å². The highest BCUT2D eigenvalue weighted by atomic mass is 19.3. The van der Waals surface area contributed by atoms with Gasteiger partial charge >= 0.3 is 6.61 Å². The second kappa shape index (κ2) is 11.4. The molecule has 2 N–H and O–H groups in total. The van der Waals surface area contributed by atoms with Gasteiger partial charge in [0.1, 0.15) is 22.9 Å². The molecule has 196 valence electrons. The summed E-state index contributed by atoms with van der Waals surface area (Å²) < 4.78 is 64.5. The Bertz CT molecular complexity index is 1420. The van der Waals surface area contributed by atoms with Gasteiger partial charge in [-0.25, -0.2) is 13.8 Å². The topological polar surface area (TPSA) is 107 Å². The highest BCUT2D eigenvalue weighted by Gasteiger charge is 2.23. The van der Waals surface area contributed by atoms with Crippen molar-refractivity contribution in [2.75, 3.05) is 12.4 Å². The smallest absolute Gasteiger partial charge is 0.387 e. The SMILES string of the molecule is COc1cc(F)c(-n2cc(C(=O)NCc3cccnc3)nc2NC(=O)c2ccc(OC(F)F)cc2)c(F)c1. The summed E-state index contributed by atoms with van der Waals surface area (Å²) in [6.45, 7) is -2.95. The average molecular weight is 529 g/mol. The number of aromatic nitrogens is 3. The number of benzene rings is 2. The Hall–Kier alpha value is -4.94. The molecular weight excluding hydrogens is 510 g/mol.